The highest BCUT2D eigenvalue weighted by Gasteiger charge is 2.43. The molecule has 0 saturated carbocycles. The Bertz CT molecular complexity index is 622. The predicted octanol–water partition coefficient (Wildman–Crippen LogP) is 2.44. The number of fused-ring (bicyclic) bond motifs is 1. The van der Waals surface area contributed by atoms with Gasteiger partial charge in [0.15, 0.2) is 0 Å². The third-order valence-corrected chi connectivity index (χ3v) is 4.09. The van der Waals surface area contributed by atoms with Gasteiger partial charge in [-0.3, -0.25) is 9.69 Å². The molecule has 0 radical (unpaired) electrons. The van der Waals surface area contributed by atoms with Crippen LogP contribution in [-0.2, 0) is 16.1 Å². The molecule has 1 atom stereocenters. The molecule has 0 unspecified atom stereocenters. The van der Waals surface area contributed by atoms with Gasteiger partial charge in [0.2, 0.25) is 5.91 Å². The molecule has 0 bridgehead atoms. The van der Waals surface area contributed by atoms with E-state index in [2.05, 4.69) is 5.32 Å². The van der Waals surface area contributed by atoms with Crippen molar-refractivity contribution >= 4 is 12.0 Å². The molecule has 1 aromatic carbocycles. The lowest BCUT2D eigenvalue weighted by molar-refractivity contribution is -0.117. The van der Waals surface area contributed by atoms with Gasteiger partial charge in [0, 0.05) is 12.1 Å². The van der Waals surface area contributed by atoms with Gasteiger partial charge in [0.1, 0.15) is 6.61 Å². The highest BCUT2D eigenvalue weighted by molar-refractivity contribution is 5.99. The maximum atomic E-state index is 12.4. The smallest absolute Gasteiger partial charge is 0.414 e. The molecule has 1 saturated heterocycles. The maximum absolute atomic E-state index is 12.4. The van der Waals surface area contributed by atoms with Crippen LogP contribution in [0.3, 0.4) is 0 Å². The van der Waals surface area contributed by atoms with Gasteiger partial charge in [0.25, 0.3) is 0 Å². The molecular weight excluding hydrogens is 280 g/mol. The number of likely N-dealkylation sites (tertiary alicyclic amines) is 1. The first kappa shape index (κ1) is 14.6. The average Bonchev–Trinajstić information content (AvgIpc) is 3.03. The Morgan fingerprint density at radius 1 is 1.36 bits per heavy atom. The van der Waals surface area contributed by atoms with Crippen molar-refractivity contribution in [2.75, 3.05) is 6.54 Å². The molecule has 2 aliphatic heterocycles. The minimum Gasteiger partial charge on any atom is -0.444 e. The van der Waals surface area contributed by atoms with E-state index in [0.717, 1.165) is 17.7 Å². The van der Waals surface area contributed by atoms with Crippen LogP contribution in [0.15, 0.2) is 41.6 Å². The molecule has 1 fully saturated rings. The van der Waals surface area contributed by atoms with Crippen molar-refractivity contribution in [1.29, 1.82) is 0 Å². The Hall–Kier alpha value is -2.30. The molecule has 2 amide bonds. The fourth-order valence-corrected chi connectivity index (χ4v) is 3.07. The van der Waals surface area contributed by atoms with E-state index in [-0.39, 0.29) is 30.6 Å². The number of benzene rings is 1. The largest absolute Gasteiger partial charge is 0.444 e. The number of carbonyl (C=O) groups excluding carboxylic acids is 2. The highest BCUT2D eigenvalue weighted by atomic mass is 16.6. The molecule has 0 aromatic heterocycles. The Morgan fingerprint density at radius 2 is 2.09 bits per heavy atom. The molecule has 0 spiro atoms. The van der Waals surface area contributed by atoms with E-state index in [0.29, 0.717) is 12.1 Å². The van der Waals surface area contributed by atoms with Crippen LogP contribution < -0.4 is 5.32 Å². The van der Waals surface area contributed by atoms with E-state index >= 15 is 0 Å². The molecular formula is C17H20N2O3. The Kier molecular flexibility index (Phi) is 3.88. The summed E-state index contributed by atoms with van der Waals surface area (Å²) in [4.78, 5) is 26.0. The van der Waals surface area contributed by atoms with Crippen molar-refractivity contribution in [3.63, 3.8) is 0 Å². The van der Waals surface area contributed by atoms with Gasteiger partial charge in [0.05, 0.1) is 11.7 Å². The molecule has 1 N–H and O–H groups in total. The monoisotopic (exact) mass is 300 g/mol. The van der Waals surface area contributed by atoms with E-state index in [9.17, 15) is 9.59 Å². The fourth-order valence-electron chi connectivity index (χ4n) is 3.07. The minimum atomic E-state index is -0.379. The van der Waals surface area contributed by atoms with Crippen LogP contribution in [0.4, 0.5) is 4.79 Å². The number of rotatable bonds is 3. The average molecular weight is 300 g/mol. The molecule has 2 heterocycles. The van der Waals surface area contributed by atoms with Crippen molar-refractivity contribution in [3.8, 4) is 0 Å². The number of amides is 2. The summed E-state index contributed by atoms with van der Waals surface area (Å²) < 4.78 is 5.40. The molecule has 5 nitrogen and oxygen atoms in total. The summed E-state index contributed by atoms with van der Waals surface area (Å²) in [5, 5.41) is 2.94. The lowest BCUT2D eigenvalue weighted by Gasteiger charge is -2.19. The summed E-state index contributed by atoms with van der Waals surface area (Å²) in [6.07, 6.45) is 0.369. The maximum Gasteiger partial charge on any atom is 0.414 e. The van der Waals surface area contributed by atoms with Gasteiger partial charge in [-0.2, -0.15) is 0 Å². The number of nitrogens with one attached hydrogen (secondary N) is 1. The van der Waals surface area contributed by atoms with Gasteiger partial charge < -0.3 is 10.1 Å². The Balaban J connectivity index is 1.74. The first-order chi connectivity index (χ1) is 10.6. The van der Waals surface area contributed by atoms with E-state index < -0.39 is 0 Å². The molecule has 2 aliphatic rings. The zero-order valence-electron chi connectivity index (χ0n) is 12.8. The number of carbonyl (C=O) groups is 2. The lowest BCUT2D eigenvalue weighted by Crippen LogP contribution is -2.29. The second-order valence-electron chi connectivity index (χ2n) is 5.96. The summed E-state index contributed by atoms with van der Waals surface area (Å²) in [5.41, 5.74) is 2.46. The van der Waals surface area contributed by atoms with Crippen molar-refractivity contribution < 1.29 is 14.3 Å². The number of nitrogens with zero attached hydrogens (tertiary/aromatic N) is 1. The third-order valence-electron chi connectivity index (χ3n) is 4.09. The van der Waals surface area contributed by atoms with Gasteiger partial charge in [-0.25, -0.2) is 4.79 Å². The van der Waals surface area contributed by atoms with Crippen LogP contribution in [0, 0.1) is 5.92 Å². The summed E-state index contributed by atoms with van der Waals surface area (Å²) in [6.45, 7) is 4.77. The Labute approximate surface area is 129 Å². The van der Waals surface area contributed by atoms with Crippen LogP contribution in [0.1, 0.15) is 25.8 Å². The first-order valence-electron chi connectivity index (χ1n) is 7.61. The Morgan fingerprint density at radius 3 is 2.77 bits per heavy atom. The van der Waals surface area contributed by atoms with Gasteiger partial charge in [-0.15, -0.1) is 0 Å². The second kappa shape index (κ2) is 5.83. The van der Waals surface area contributed by atoms with Crippen LogP contribution in [0.25, 0.3) is 0 Å². The van der Waals surface area contributed by atoms with Crippen LogP contribution >= 0.6 is 0 Å². The quantitative estimate of drug-likeness (QED) is 0.932. The SMILES string of the molecule is CC(C)C1=C2[C@@H](CCN2C(=O)OCc2ccccc2)NC1=O. The van der Waals surface area contributed by atoms with Crippen molar-refractivity contribution in [2.45, 2.75) is 32.9 Å². The van der Waals surface area contributed by atoms with E-state index in [1.807, 2.05) is 44.2 Å². The first-order valence-corrected chi connectivity index (χ1v) is 7.61. The van der Waals surface area contributed by atoms with Crippen molar-refractivity contribution in [1.82, 2.24) is 10.2 Å². The van der Waals surface area contributed by atoms with Crippen LogP contribution in [0.5, 0.6) is 0 Å². The topological polar surface area (TPSA) is 58.6 Å². The normalized spacial score (nSPS) is 20.4. The standard InChI is InChI=1S/C17H20N2O3/c1-11(2)14-15-13(18-16(14)20)8-9-19(15)17(21)22-10-12-6-4-3-5-7-12/h3-7,11,13H,8-10H2,1-2H3,(H,18,20)/t13-/m1/s1. The van der Waals surface area contributed by atoms with Gasteiger partial charge in [-0.1, -0.05) is 44.2 Å². The predicted molar refractivity (Wildman–Crippen MR) is 81.7 cm³/mol. The minimum absolute atomic E-state index is 0.0471. The van der Waals surface area contributed by atoms with E-state index in [4.69, 9.17) is 4.74 Å². The molecule has 3 rings (SSSR count). The molecule has 0 aliphatic carbocycles. The third kappa shape index (κ3) is 2.58. The summed E-state index contributed by atoms with van der Waals surface area (Å²) in [6, 6.07) is 9.53. The van der Waals surface area contributed by atoms with Gasteiger partial charge >= 0.3 is 6.09 Å². The highest BCUT2D eigenvalue weighted by Crippen LogP contribution is 2.33. The molecule has 22 heavy (non-hydrogen) atoms. The summed E-state index contributed by atoms with van der Waals surface area (Å²) >= 11 is 0. The number of hydrogen-bond acceptors (Lipinski definition) is 3. The van der Waals surface area contributed by atoms with Crippen LogP contribution in [-0.4, -0.2) is 29.5 Å². The summed E-state index contributed by atoms with van der Waals surface area (Å²) in [7, 11) is 0. The van der Waals surface area contributed by atoms with Crippen molar-refractivity contribution in [2.24, 2.45) is 5.92 Å². The zero-order valence-corrected chi connectivity index (χ0v) is 12.8. The zero-order chi connectivity index (χ0) is 15.7. The van der Waals surface area contributed by atoms with Gasteiger partial charge in [-0.05, 0) is 17.9 Å². The molecule has 1 aromatic rings. The van der Waals surface area contributed by atoms with E-state index in [1.165, 1.54) is 0 Å². The molecule has 5 heteroatoms. The summed E-state index contributed by atoms with van der Waals surface area (Å²) in [5.74, 6) is 0.0260. The number of ether oxygens (including phenoxy) is 1. The lowest BCUT2D eigenvalue weighted by atomic mass is 10.0. The van der Waals surface area contributed by atoms with Crippen molar-refractivity contribution in [3.05, 3.63) is 47.2 Å². The van der Waals surface area contributed by atoms with E-state index in [1.54, 1.807) is 4.90 Å². The van der Waals surface area contributed by atoms with Crippen LogP contribution in [0.2, 0.25) is 0 Å². The number of hydrogen-bond donors (Lipinski definition) is 1. The molecule has 116 valence electrons. The second-order valence-corrected chi connectivity index (χ2v) is 5.96. The fraction of sp³-hybridized carbons (Fsp3) is 0.412.